The van der Waals surface area contributed by atoms with Gasteiger partial charge in [0.25, 0.3) is 0 Å². The summed E-state index contributed by atoms with van der Waals surface area (Å²) in [5, 5.41) is 0. The Bertz CT molecular complexity index is 325. The van der Waals surface area contributed by atoms with E-state index in [1.54, 1.807) is 6.92 Å². The normalized spacial score (nSPS) is 9.77. The molecule has 0 bridgehead atoms. The molecule has 0 unspecified atom stereocenters. The lowest BCUT2D eigenvalue weighted by Crippen LogP contribution is -2.05. The molecule has 4 heteroatoms. The summed E-state index contributed by atoms with van der Waals surface area (Å²) in [7, 11) is 0. The van der Waals surface area contributed by atoms with Gasteiger partial charge in [0.15, 0.2) is 0 Å². The summed E-state index contributed by atoms with van der Waals surface area (Å²) in [6.07, 6.45) is 0.275. The van der Waals surface area contributed by atoms with Crippen LogP contribution < -0.4 is 4.74 Å². The number of hydrogen-bond acceptors (Lipinski definition) is 2. The van der Waals surface area contributed by atoms with Gasteiger partial charge in [0.05, 0.1) is 4.47 Å². The van der Waals surface area contributed by atoms with Crippen LogP contribution in [0.3, 0.4) is 0 Å². The van der Waals surface area contributed by atoms with E-state index in [1.165, 1.54) is 12.1 Å². The Morgan fingerprint density at radius 2 is 2.31 bits per heavy atom. The van der Waals surface area contributed by atoms with Gasteiger partial charge in [-0.05, 0) is 28.1 Å². The second kappa shape index (κ2) is 4.37. The SMILES string of the molecule is CCC(=O)Oc1ccc(Br)c(F)c1. The summed E-state index contributed by atoms with van der Waals surface area (Å²) in [5.74, 6) is -0.587. The van der Waals surface area contributed by atoms with Gasteiger partial charge in [-0.15, -0.1) is 0 Å². The van der Waals surface area contributed by atoms with Gasteiger partial charge in [0.2, 0.25) is 0 Å². The molecule has 0 saturated heterocycles. The van der Waals surface area contributed by atoms with Crippen molar-refractivity contribution < 1.29 is 13.9 Å². The fourth-order valence-electron chi connectivity index (χ4n) is 0.744. The fraction of sp³-hybridized carbons (Fsp3) is 0.222. The van der Waals surface area contributed by atoms with E-state index in [0.717, 1.165) is 6.07 Å². The van der Waals surface area contributed by atoms with E-state index in [4.69, 9.17) is 4.74 Å². The Labute approximate surface area is 83.8 Å². The molecule has 0 atom stereocenters. The molecule has 70 valence electrons. The molecule has 0 fully saturated rings. The van der Waals surface area contributed by atoms with Crippen LogP contribution in [0.2, 0.25) is 0 Å². The number of hydrogen-bond donors (Lipinski definition) is 0. The molecule has 0 aliphatic carbocycles. The summed E-state index contributed by atoms with van der Waals surface area (Å²) in [4.78, 5) is 10.8. The predicted molar refractivity (Wildman–Crippen MR) is 50.0 cm³/mol. The molecule has 0 aliphatic rings. The van der Waals surface area contributed by atoms with Crippen molar-refractivity contribution in [2.75, 3.05) is 0 Å². The zero-order valence-corrected chi connectivity index (χ0v) is 8.60. The minimum atomic E-state index is -0.443. The first-order chi connectivity index (χ1) is 6.13. The average molecular weight is 247 g/mol. The molecule has 1 rings (SSSR count). The third kappa shape index (κ3) is 2.81. The topological polar surface area (TPSA) is 26.3 Å². The van der Waals surface area contributed by atoms with Crippen LogP contribution in [0, 0.1) is 5.82 Å². The van der Waals surface area contributed by atoms with Crippen LogP contribution in [0.15, 0.2) is 22.7 Å². The van der Waals surface area contributed by atoms with E-state index in [9.17, 15) is 9.18 Å². The smallest absolute Gasteiger partial charge is 0.310 e. The van der Waals surface area contributed by atoms with Crippen molar-refractivity contribution in [3.63, 3.8) is 0 Å². The maximum Gasteiger partial charge on any atom is 0.310 e. The second-order valence-corrected chi connectivity index (χ2v) is 3.26. The molecular weight excluding hydrogens is 239 g/mol. The van der Waals surface area contributed by atoms with E-state index < -0.39 is 5.82 Å². The molecule has 0 radical (unpaired) electrons. The molecule has 0 aliphatic heterocycles. The van der Waals surface area contributed by atoms with Gasteiger partial charge >= 0.3 is 5.97 Å². The first-order valence-electron chi connectivity index (χ1n) is 3.79. The monoisotopic (exact) mass is 246 g/mol. The Morgan fingerprint density at radius 3 is 2.85 bits per heavy atom. The molecule has 0 spiro atoms. The van der Waals surface area contributed by atoms with Gasteiger partial charge in [-0.3, -0.25) is 4.79 Å². The maximum absolute atomic E-state index is 12.9. The van der Waals surface area contributed by atoms with E-state index in [-0.39, 0.29) is 18.1 Å². The van der Waals surface area contributed by atoms with E-state index in [1.807, 2.05) is 0 Å². The highest BCUT2D eigenvalue weighted by Gasteiger charge is 2.04. The Morgan fingerprint density at radius 1 is 1.62 bits per heavy atom. The molecular formula is C9H8BrFO2. The average Bonchev–Trinajstić information content (AvgIpc) is 2.11. The van der Waals surface area contributed by atoms with Crippen molar-refractivity contribution >= 4 is 21.9 Å². The van der Waals surface area contributed by atoms with Crippen LogP contribution in [0.5, 0.6) is 5.75 Å². The van der Waals surface area contributed by atoms with Crippen molar-refractivity contribution in [2.45, 2.75) is 13.3 Å². The number of halogens is 2. The standard InChI is InChI=1S/C9H8BrFO2/c1-2-9(12)13-6-3-4-7(10)8(11)5-6/h3-5H,2H2,1H3. The molecule has 0 N–H and O–H groups in total. The van der Waals surface area contributed by atoms with Gasteiger partial charge in [0, 0.05) is 12.5 Å². The quantitative estimate of drug-likeness (QED) is 0.593. The highest BCUT2D eigenvalue weighted by Crippen LogP contribution is 2.20. The molecule has 2 nitrogen and oxygen atoms in total. The Hall–Kier alpha value is -0.900. The first-order valence-corrected chi connectivity index (χ1v) is 4.58. The van der Waals surface area contributed by atoms with Gasteiger partial charge in [0.1, 0.15) is 11.6 Å². The Balaban J connectivity index is 2.79. The molecule has 13 heavy (non-hydrogen) atoms. The van der Waals surface area contributed by atoms with Crippen LogP contribution >= 0.6 is 15.9 Å². The van der Waals surface area contributed by atoms with E-state index in [2.05, 4.69) is 15.9 Å². The van der Waals surface area contributed by atoms with Crippen LogP contribution in [0.4, 0.5) is 4.39 Å². The first kappa shape index (κ1) is 10.2. The summed E-state index contributed by atoms with van der Waals surface area (Å²) in [6, 6.07) is 4.19. The highest BCUT2D eigenvalue weighted by atomic mass is 79.9. The van der Waals surface area contributed by atoms with E-state index in [0.29, 0.717) is 4.47 Å². The van der Waals surface area contributed by atoms with Gasteiger partial charge < -0.3 is 4.74 Å². The van der Waals surface area contributed by atoms with Crippen molar-refractivity contribution in [1.29, 1.82) is 0 Å². The highest BCUT2D eigenvalue weighted by molar-refractivity contribution is 9.10. The second-order valence-electron chi connectivity index (χ2n) is 2.40. The molecule has 0 heterocycles. The maximum atomic E-state index is 12.9. The number of carbonyl (C=O) groups is 1. The number of esters is 1. The molecule has 0 aromatic heterocycles. The van der Waals surface area contributed by atoms with Crippen LogP contribution in [-0.4, -0.2) is 5.97 Å². The lowest BCUT2D eigenvalue weighted by atomic mass is 10.3. The van der Waals surface area contributed by atoms with Crippen molar-refractivity contribution in [3.05, 3.63) is 28.5 Å². The summed E-state index contributed by atoms with van der Waals surface area (Å²) in [6.45, 7) is 1.68. The largest absolute Gasteiger partial charge is 0.426 e. The Kier molecular flexibility index (Phi) is 3.42. The third-order valence-electron chi connectivity index (χ3n) is 1.41. The summed E-state index contributed by atoms with van der Waals surface area (Å²) in [5.41, 5.74) is 0. The van der Waals surface area contributed by atoms with Crippen molar-refractivity contribution in [1.82, 2.24) is 0 Å². The van der Waals surface area contributed by atoms with E-state index >= 15 is 0 Å². The summed E-state index contributed by atoms with van der Waals surface area (Å²) >= 11 is 3.00. The van der Waals surface area contributed by atoms with Crippen LogP contribution in [0.25, 0.3) is 0 Å². The number of rotatable bonds is 2. The fourth-order valence-corrected chi connectivity index (χ4v) is 0.991. The lowest BCUT2D eigenvalue weighted by Gasteiger charge is -2.02. The minimum absolute atomic E-state index is 0.229. The zero-order valence-electron chi connectivity index (χ0n) is 7.01. The molecule has 1 aromatic carbocycles. The molecule has 0 saturated carbocycles. The lowest BCUT2D eigenvalue weighted by molar-refractivity contribution is -0.134. The summed E-state index contributed by atoms with van der Waals surface area (Å²) < 4.78 is 18.0. The van der Waals surface area contributed by atoms with Gasteiger partial charge in [-0.25, -0.2) is 4.39 Å². The number of ether oxygens (including phenoxy) is 1. The van der Waals surface area contributed by atoms with Crippen molar-refractivity contribution in [2.24, 2.45) is 0 Å². The van der Waals surface area contributed by atoms with Crippen LogP contribution in [0.1, 0.15) is 13.3 Å². The van der Waals surface area contributed by atoms with Gasteiger partial charge in [-0.1, -0.05) is 6.92 Å². The van der Waals surface area contributed by atoms with Crippen molar-refractivity contribution in [3.8, 4) is 5.75 Å². The van der Waals surface area contributed by atoms with Crippen LogP contribution in [-0.2, 0) is 4.79 Å². The number of benzene rings is 1. The number of carbonyl (C=O) groups excluding carboxylic acids is 1. The molecule has 0 amide bonds. The predicted octanol–water partition coefficient (Wildman–Crippen LogP) is 2.90. The molecule has 1 aromatic rings. The third-order valence-corrected chi connectivity index (χ3v) is 2.05. The minimum Gasteiger partial charge on any atom is -0.426 e. The zero-order chi connectivity index (χ0) is 9.84. The van der Waals surface area contributed by atoms with Gasteiger partial charge in [-0.2, -0.15) is 0 Å².